The van der Waals surface area contributed by atoms with E-state index >= 15 is 0 Å². The zero-order valence-corrected chi connectivity index (χ0v) is 19.5. The van der Waals surface area contributed by atoms with Crippen molar-refractivity contribution in [2.45, 2.75) is 39.3 Å². The quantitative estimate of drug-likeness (QED) is 0.437. The second kappa shape index (κ2) is 11.9. The van der Waals surface area contributed by atoms with Crippen LogP contribution in [0.5, 0.6) is 11.5 Å². The number of nitrogens with zero attached hydrogens (tertiary/aromatic N) is 1. The van der Waals surface area contributed by atoms with Gasteiger partial charge in [0, 0.05) is 18.5 Å². The van der Waals surface area contributed by atoms with Crippen LogP contribution in [0.15, 0.2) is 66.7 Å². The highest BCUT2D eigenvalue weighted by Gasteiger charge is 2.26. The first-order chi connectivity index (χ1) is 16.0. The molecule has 174 valence electrons. The summed E-state index contributed by atoms with van der Waals surface area (Å²) in [6.07, 6.45) is 1.88. The minimum atomic E-state index is -0.642. The molecule has 6 nitrogen and oxygen atoms in total. The van der Waals surface area contributed by atoms with Crippen LogP contribution in [0.4, 0.5) is 0 Å². The van der Waals surface area contributed by atoms with Gasteiger partial charge >= 0.3 is 0 Å². The van der Waals surface area contributed by atoms with Gasteiger partial charge in [-0.2, -0.15) is 0 Å². The first kappa shape index (κ1) is 24.1. The molecule has 3 rings (SSSR count). The number of unbranched alkanes of at least 4 members (excludes halogenated alkanes) is 1. The fraction of sp³-hybridized carbons (Fsp3) is 0.333. The molecule has 0 unspecified atom stereocenters. The summed E-state index contributed by atoms with van der Waals surface area (Å²) in [6.45, 7) is 4.52. The lowest BCUT2D eigenvalue weighted by molar-refractivity contribution is -0.142. The van der Waals surface area contributed by atoms with Gasteiger partial charge in [0.25, 0.3) is 5.91 Å². The van der Waals surface area contributed by atoms with Gasteiger partial charge in [0.2, 0.25) is 5.91 Å². The Morgan fingerprint density at radius 2 is 1.79 bits per heavy atom. The van der Waals surface area contributed by atoms with E-state index < -0.39 is 6.04 Å². The Balaban J connectivity index is 1.77. The summed E-state index contributed by atoms with van der Waals surface area (Å²) in [6, 6.07) is 20.5. The van der Waals surface area contributed by atoms with E-state index in [-0.39, 0.29) is 25.0 Å². The van der Waals surface area contributed by atoms with Crippen LogP contribution in [-0.2, 0) is 16.1 Å². The van der Waals surface area contributed by atoms with Crippen LogP contribution in [0.3, 0.4) is 0 Å². The molecule has 1 atom stereocenters. The lowest BCUT2D eigenvalue weighted by Gasteiger charge is -2.29. The molecule has 0 aliphatic rings. The maximum Gasteiger partial charge on any atom is 0.261 e. The van der Waals surface area contributed by atoms with Gasteiger partial charge in [-0.15, -0.1) is 0 Å². The normalized spacial score (nSPS) is 11.6. The monoisotopic (exact) mass is 448 g/mol. The van der Waals surface area contributed by atoms with Crippen molar-refractivity contribution in [3.05, 3.63) is 72.3 Å². The third-order valence-electron chi connectivity index (χ3n) is 5.58. The van der Waals surface area contributed by atoms with Gasteiger partial charge in [0.1, 0.15) is 17.5 Å². The van der Waals surface area contributed by atoms with Crippen LogP contribution < -0.4 is 14.8 Å². The molecule has 2 amide bonds. The summed E-state index contributed by atoms with van der Waals surface area (Å²) in [4.78, 5) is 27.6. The van der Waals surface area contributed by atoms with Crippen LogP contribution in [0.2, 0.25) is 0 Å². The van der Waals surface area contributed by atoms with Crippen molar-refractivity contribution in [1.29, 1.82) is 0 Å². The molecule has 0 saturated heterocycles. The van der Waals surface area contributed by atoms with E-state index in [1.165, 1.54) is 0 Å². The Morgan fingerprint density at radius 3 is 2.58 bits per heavy atom. The summed E-state index contributed by atoms with van der Waals surface area (Å²) in [7, 11) is 1.60. The van der Waals surface area contributed by atoms with Crippen molar-refractivity contribution in [3.63, 3.8) is 0 Å². The van der Waals surface area contributed by atoms with Crippen molar-refractivity contribution >= 4 is 22.6 Å². The van der Waals surface area contributed by atoms with E-state index in [1.54, 1.807) is 18.9 Å². The Bertz CT molecular complexity index is 1080. The number of ether oxygens (including phenoxy) is 2. The third-order valence-corrected chi connectivity index (χ3v) is 5.58. The van der Waals surface area contributed by atoms with Crippen LogP contribution in [0.25, 0.3) is 10.8 Å². The molecule has 0 spiro atoms. The van der Waals surface area contributed by atoms with Crippen molar-refractivity contribution in [3.8, 4) is 11.5 Å². The Labute approximate surface area is 195 Å². The molecule has 0 radical (unpaired) electrons. The number of nitrogens with one attached hydrogen (secondary N) is 1. The number of benzene rings is 3. The average molecular weight is 449 g/mol. The molecule has 6 heteroatoms. The molecular formula is C27H32N2O4. The molecule has 3 aromatic carbocycles. The second-order valence-corrected chi connectivity index (χ2v) is 7.96. The molecule has 3 aromatic rings. The number of hydrogen-bond donors (Lipinski definition) is 1. The fourth-order valence-corrected chi connectivity index (χ4v) is 3.63. The lowest BCUT2D eigenvalue weighted by atomic mass is 10.1. The predicted octanol–water partition coefficient (Wildman–Crippen LogP) is 4.56. The van der Waals surface area contributed by atoms with Gasteiger partial charge in [0.15, 0.2) is 6.61 Å². The number of carbonyl (C=O) groups excluding carboxylic acids is 2. The topological polar surface area (TPSA) is 67.9 Å². The number of rotatable bonds is 11. The summed E-state index contributed by atoms with van der Waals surface area (Å²) in [5, 5.41) is 4.91. The van der Waals surface area contributed by atoms with Crippen LogP contribution >= 0.6 is 0 Å². The molecule has 0 fully saturated rings. The SMILES string of the molecule is CCCCNC(=O)[C@H](C)N(Cc1cccc(OC)c1)C(=O)COc1cccc2ccccc12. The average Bonchev–Trinajstić information content (AvgIpc) is 2.85. The minimum absolute atomic E-state index is 0.162. The molecule has 0 aromatic heterocycles. The number of methoxy groups -OCH3 is 1. The van der Waals surface area contributed by atoms with E-state index in [2.05, 4.69) is 12.2 Å². The molecule has 1 N–H and O–H groups in total. The van der Waals surface area contributed by atoms with Crippen molar-refractivity contribution in [2.75, 3.05) is 20.3 Å². The number of fused-ring (bicyclic) bond motifs is 1. The molecule has 0 bridgehead atoms. The largest absolute Gasteiger partial charge is 0.497 e. The zero-order chi connectivity index (χ0) is 23.6. The second-order valence-electron chi connectivity index (χ2n) is 7.96. The minimum Gasteiger partial charge on any atom is -0.497 e. The fourth-order valence-electron chi connectivity index (χ4n) is 3.63. The van der Waals surface area contributed by atoms with E-state index in [0.717, 1.165) is 29.2 Å². The summed E-state index contributed by atoms with van der Waals surface area (Å²) >= 11 is 0. The first-order valence-electron chi connectivity index (χ1n) is 11.3. The maximum absolute atomic E-state index is 13.3. The molecule has 0 saturated carbocycles. The smallest absolute Gasteiger partial charge is 0.261 e. The lowest BCUT2D eigenvalue weighted by Crippen LogP contribution is -2.49. The number of hydrogen-bond acceptors (Lipinski definition) is 4. The maximum atomic E-state index is 13.3. The molecule has 0 aliphatic carbocycles. The van der Waals surface area contributed by atoms with E-state index in [0.29, 0.717) is 18.0 Å². The van der Waals surface area contributed by atoms with Gasteiger partial charge in [-0.3, -0.25) is 9.59 Å². The zero-order valence-electron chi connectivity index (χ0n) is 19.5. The summed E-state index contributed by atoms with van der Waals surface area (Å²) < 4.78 is 11.2. The van der Waals surface area contributed by atoms with Crippen molar-refractivity contribution < 1.29 is 19.1 Å². The summed E-state index contributed by atoms with van der Waals surface area (Å²) in [5.41, 5.74) is 0.876. The highest BCUT2D eigenvalue weighted by molar-refractivity contribution is 5.90. The highest BCUT2D eigenvalue weighted by Crippen LogP contribution is 2.25. The Hall–Kier alpha value is -3.54. The van der Waals surface area contributed by atoms with Crippen LogP contribution in [-0.4, -0.2) is 43.0 Å². The molecule has 33 heavy (non-hydrogen) atoms. The highest BCUT2D eigenvalue weighted by atomic mass is 16.5. The molecular weight excluding hydrogens is 416 g/mol. The van der Waals surface area contributed by atoms with Gasteiger partial charge in [-0.25, -0.2) is 0 Å². The predicted molar refractivity (Wildman–Crippen MR) is 130 cm³/mol. The van der Waals surface area contributed by atoms with Gasteiger partial charge in [-0.1, -0.05) is 61.9 Å². The molecule has 0 aliphatic heterocycles. The third kappa shape index (κ3) is 6.48. The Morgan fingerprint density at radius 1 is 1.03 bits per heavy atom. The van der Waals surface area contributed by atoms with E-state index in [4.69, 9.17) is 9.47 Å². The first-order valence-corrected chi connectivity index (χ1v) is 11.3. The number of carbonyl (C=O) groups is 2. The summed E-state index contributed by atoms with van der Waals surface area (Å²) in [5.74, 6) is 0.906. The van der Waals surface area contributed by atoms with Gasteiger partial charge in [0.05, 0.1) is 7.11 Å². The molecule has 0 heterocycles. The van der Waals surface area contributed by atoms with E-state index in [9.17, 15) is 9.59 Å². The standard InChI is InChI=1S/C27H32N2O4/c1-4-5-16-28-27(31)20(2)29(18-21-10-8-13-23(17-21)32-3)26(30)19-33-25-15-9-12-22-11-6-7-14-24(22)25/h6-15,17,20H,4-5,16,18-19H2,1-3H3,(H,28,31)/t20-/m0/s1. The van der Waals surface area contributed by atoms with Gasteiger partial charge < -0.3 is 19.7 Å². The van der Waals surface area contributed by atoms with Crippen LogP contribution in [0.1, 0.15) is 32.3 Å². The van der Waals surface area contributed by atoms with E-state index in [1.807, 2.05) is 66.7 Å². The van der Waals surface area contributed by atoms with Crippen LogP contribution in [0, 0.1) is 0 Å². The Kier molecular flexibility index (Phi) is 8.70. The van der Waals surface area contributed by atoms with Crippen molar-refractivity contribution in [1.82, 2.24) is 10.2 Å². The van der Waals surface area contributed by atoms with Gasteiger partial charge in [-0.05, 0) is 42.5 Å². The number of amides is 2. The van der Waals surface area contributed by atoms with Crippen molar-refractivity contribution in [2.24, 2.45) is 0 Å².